The van der Waals surface area contributed by atoms with Crippen LogP contribution in [0.1, 0.15) is 18.4 Å². The fourth-order valence-corrected chi connectivity index (χ4v) is 4.00. The van der Waals surface area contributed by atoms with Crippen LogP contribution >= 0.6 is 0 Å². The third-order valence-electron chi connectivity index (χ3n) is 5.90. The molecule has 11 nitrogen and oxygen atoms in total. The molecule has 35 heavy (non-hydrogen) atoms. The third-order valence-corrected chi connectivity index (χ3v) is 5.90. The molecule has 0 spiro atoms. The number of nitro benzene ring substituents is 1. The zero-order valence-corrected chi connectivity index (χ0v) is 19.3. The number of fused-ring (bicyclic) bond motifs is 1. The zero-order valence-electron chi connectivity index (χ0n) is 19.3. The standard InChI is InChI=1S/C24H28N4O7/c29-23(16-33-24(30)6-3-9-25-19-4-1-2-5-20(19)28(31)32)27-12-10-26(11-13-27)15-18-7-8-21-22(14-18)35-17-34-21/h1-2,4-5,7-8,14,25H,3,6,9-13,15-17H2. The van der Waals surface area contributed by atoms with Crippen molar-refractivity contribution in [2.45, 2.75) is 19.4 Å². The number of nitrogens with one attached hydrogen (secondary N) is 1. The summed E-state index contributed by atoms with van der Waals surface area (Å²) >= 11 is 0. The molecular weight excluding hydrogens is 456 g/mol. The minimum absolute atomic E-state index is 0.0170. The fraction of sp³-hybridized carbons (Fsp3) is 0.417. The first-order valence-electron chi connectivity index (χ1n) is 11.5. The Balaban J connectivity index is 1.11. The summed E-state index contributed by atoms with van der Waals surface area (Å²) in [4.78, 5) is 39.0. The van der Waals surface area contributed by atoms with Gasteiger partial charge in [0.2, 0.25) is 6.79 Å². The summed E-state index contributed by atoms with van der Waals surface area (Å²) < 4.78 is 15.9. The van der Waals surface area contributed by atoms with E-state index in [0.717, 1.165) is 36.7 Å². The average Bonchev–Trinajstić information content (AvgIpc) is 3.34. The molecule has 0 aromatic heterocycles. The maximum atomic E-state index is 12.4. The second-order valence-corrected chi connectivity index (χ2v) is 8.31. The van der Waals surface area contributed by atoms with Gasteiger partial charge in [-0.3, -0.25) is 24.6 Å². The number of ether oxygens (including phenoxy) is 3. The Bertz CT molecular complexity index is 1070. The molecule has 4 rings (SSSR count). The average molecular weight is 485 g/mol. The minimum atomic E-state index is -0.468. The first-order chi connectivity index (χ1) is 17.0. The maximum absolute atomic E-state index is 12.4. The number of hydrogen-bond donors (Lipinski definition) is 1. The van der Waals surface area contributed by atoms with Crippen molar-refractivity contribution in [3.63, 3.8) is 0 Å². The van der Waals surface area contributed by atoms with Crippen molar-refractivity contribution >= 4 is 23.3 Å². The summed E-state index contributed by atoms with van der Waals surface area (Å²) in [6.07, 6.45) is 0.543. The van der Waals surface area contributed by atoms with Gasteiger partial charge in [0.15, 0.2) is 18.1 Å². The van der Waals surface area contributed by atoms with Crippen LogP contribution in [0.2, 0.25) is 0 Å². The van der Waals surface area contributed by atoms with Crippen LogP contribution in [0.3, 0.4) is 0 Å². The largest absolute Gasteiger partial charge is 0.456 e. The molecule has 0 bridgehead atoms. The van der Waals surface area contributed by atoms with E-state index in [9.17, 15) is 19.7 Å². The van der Waals surface area contributed by atoms with Crippen LogP contribution in [0.4, 0.5) is 11.4 Å². The van der Waals surface area contributed by atoms with Gasteiger partial charge in [-0.05, 0) is 30.2 Å². The number of carbonyl (C=O) groups excluding carboxylic acids is 2. The molecule has 2 aromatic carbocycles. The van der Waals surface area contributed by atoms with Gasteiger partial charge in [-0.25, -0.2) is 0 Å². The zero-order chi connectivity index (χ0) is 24.6. The summed E-state index contributed by atoms with van der Waals surface area (Å²) in [5, 5.41) is 14.0. The third kappa shape index (κ3) is 6.60. The number of para-hydroxylation sites is 2. The van der Waals surface area contributed by atoms with E-state index in [4.69, 9.17) is 14.2 Å². The highest BCUT2D eigenvalue weighted by Gasteiger charge is 2.23. The Labute approximate surface area is 202 Å². The molecule has 0 unspecified atom stereocenters. The minimum Gasteiger partial charge on any atom is -0.456 e. The number of rotatable bonds is 10. The van der Waals surface area contributed by atoms with E-state index in [1.54, 1.807) is 23.1 Å². The van der Waals surface area contributed by atoms with Gasteiger partial charge in [0, 0.05) is 51.8 Å². The molecule has 11 heteroatoms. The number of hydrogen-bond acceptors (Lipinski definition) is 9. The topological polar surface area (TPSA) is 123 Å². The number of anilines is 1. The summed E-state index contributed by atoms with van der Waals surface area (Å²) in [5.74, 6) is 0.841. The van der Waals surface area contributed by atoms with Crippen molar-refractivity contribution in [1.82, 2.24) is 9.80 Å². The second kappa shape index (κ2) is 11.5. The predicted molar refractivity (Wildman–Crippen MR) is 126 cm³/mol. The number of esters is 1. The van der Waals surface area contributed by atoms with Crippen LogP contribution in [0.25, 0.3) is 0 Å². The lowest BCUT2D eigenvalue weighted by molar-refractivity contribution is -0.384. The molecule has 2 aliphatic rings. The quantitative estimate of drug-likeness (QED) is 0.234. The first kappa shape index (κ1) is 24.3. The molecule has 0 aliphatic carbocycles. The number of carbonyl (C=O) groups is 2. The normalized spacial score (nSPS) is 15.0. The highest BCUT2D eigenvalue weighted by atomic mass is 16.7. The lowest BCUT2D eigenvalue weighted by Crippen LogP contribution is -2.49. The van der Waals surface area contributed by atoms with Crippen molar-refractivity contribution in [3.8, 4) is 11.5 Å². The van der Waals surface area contributed by atoms with Crippen molar-refractivity contribution < 1.29 is 28.7 Å². The number of piperazine rings is 1. The predicted octanol–water partition coefficient (Wildman–Crippen LogP) is 2.40. The van der Waals surface area contributed by atoms with Crippen LogP contribution in [-0.4, -0.2) is 72.7 Å². The van der Waals surface area contributed by atoms with Crippen LogP contribution in [0.15, 0.2) is 42.5 Å². The van der Waals surface area contributed by atoms with Gasteiger partial charge in [-0.2, -0.15) is 0 Å². The molecule has 2 heterocycles. The van der Waals surface area contributed by atoms with Crippen LogP contribution in [0, 0.1) is 10.1 Å². The Kier molecular flexibility index (Phi) is 7.99. The van der Waals surface area contributed by atoms with E-state index in [2.05, 4.69) is 10.2 Å². The molecule has 2 aliphatic heterocycles. The monoisotopic (exact) mass is 484 g/mol. The number of nitrogens with zero attached hydrogens (tertiary/aromatic N) is 3. The summed E-state index contributed by atoms with van der Waals surface area (Å²) in [6.45, 7) is 3.70. The van der Waals surface area contributed by atoms with E-state index in [1.807, 2.05) is 18.2 Å². The SMILES string of the molecule is O=C(CCCNc1ccccc1[N+](=O)[O-])OCC(=O)N1CCN(Cc2ccc3c(c2)OCO3)CC1. The highest BCUT2D eigenvalue weighted by molar-refractivity contribution is 5.80. The lowest BCUT2D eigenvalue weighted by Gasteiger charge is -2.34. The van der Waals surface area contributed by atoms with E-state index in [1.165, 1.54) is 6.07 Å². The molecule has 1 N–H and O–H groups in total. The fourth-order valence-electron chi connectivity index (χ4n) is 4.00. The molecule has 0 atom stereocenters. The van der Waals surface area contributed by atoms with Gasteiger partial charge < -0.3 is 24.4 Å². The Morgan fingerprint density at radius 1 is 1.06 bits per heavy atom. The second-order valence-electron chi connectivity index (χ2n) is 8.31. The van der Waals surface area contributed by atoms with Crippen molar-refractivity contribution in [1.29, 1.82) is 0 Å². The van der Waals surface area contributed by atoms with E-state index < -0.39 is 10.9 Å². The molecule has 186 valence electrons. The first-order valence-corrected chi connectivity index (χ1v) is 11.5. The van der Waals surface area contributed by atoms with Gasteiger partial charge in [-0.1, -0.05) is 18.2 Å². The molecule has 0 radical (unpaired) electrons. The Morgan fingerprint density at radius 3 is 2.63 bits per heavy atom. The number of amides is 1. The number of benzene rings is 2. The summed E-state index contributed by atoms with van der Waals surface area (Å²) in [5.41, 5.74) is 1.51. The lowest BCUT2D eigenvalue weighted by atomic mass is 10.1. The van der Waals surface area contributed by atoms with Crippen LogP contribution < -0.4 is 14.8 Å². The maximum Gasteiger partial charge on any atom is 0.306 e. The van der Waals surface area contributed by atoms with Crippen molar-refractivity contribution in [2.75, 3.05) is 51.4 Å². The molecule has 2 aromatic rings. The summed E-state index contributed by atoms with van der Waals surface area (Å²) in [6, 6.07) is 12.2. The molecule has 1 amide bonds. The van der Waals surface area contributed by atoms with Gasteiger partial charge in [0.05, 0.1) is 4.92 Å². The van der Waals surface area contributed by atoms with Gasteiger partial charge in [0.1, 0.15) is 5.69 Å². The Hall–Kier alpha value is -3.86. The van der Waals surface area contributed by atoms with Gasteiger partial charge >= 0.3 is 5.97 Å². The molecule has 1 saturated heterocycles. The van der Waals surface area contributed by atoms with Crippen LogP contribution in [0.5, 0.6) is 11.5 Å². The molecule has 1 fully saturated rings. The molecular formula is C24H28N4O7. The van der Waals surface area contributed by atoms with E-state index >= 15 is 0 Å². The van der Waals surface area contributed by atoms with E-state index in [-0.39, 0.29) is 31.4 Å². The van der Waals surface area contributed by atoms with Gasteiger partial charge in [0.25, 0.3) is 11.6 Å². The van der Waals surface area contributed by atoms with Crippen LogP contribution in [-0.2, 0) is 20.9 Å². The summed E-state index contributed by atoms with van der Waals surface area (Å²) in [7, 11) is 0. The smallest absolute Gasteiger partial charge is 0.306 e. The highest BCUT2D eigenvalue weighted by Crippen LogP contribution is 2.32. The van der Waals surface area contributed by atoms with E-state index in [0.29, 0.717) is 31.7 Å². The van der Waals surface area contributed by atoms with Crippen molar-refractivity contribution in [3.05, 3.63) is 58.1 Å². The molecule has 0 saturated carbocycles. The van der Waals surface area contributed by atoms with Gasteiger partial charge in [-0.15, -0.1) is 0 Å². The number of nitro groups is 1. The Morgan fingerprint density at radius 2 is 1.83 bits per heavy atom. The van der Waals surface area contributed by atoms with Crippen molar-refractivity contribution in [2.24, 2.45) is 0 Å².